The van der Waals surface area contributed by atoms with Crippen LogP contribution in [0.2, 0.25) is 0 Å². The highest BCUT2D eigenvalue weighted by Crippen LogP contribution is 2.26. The average molecular weight is 405 g/mol. The van der Waals surface area contributed by atoms with Crippen LogP contribution in [-0.2, 0) is 4.79 Å². The predicted octanol–water partition coefficient (Wildman–Crippen LogP) is 2.16. The van der Waals surface area contributed by atoms with Crippen LogP contribution in [0, 0.1) is 0 Å². The summed E-state index contributed by atoms with van der Waals surface area (Å²) in [5.41, 5.74) is 2.18. The molecule has 1 saturated heterocycles. The number of carbonyl (C=O) groups is 3. The van der Waals surface area contributed by atoms with Crippen LogP contribution in [0.3, 0.4) is 0 Å². The summed E-state index contributed by atoms with van der Waals surface area (Å²) in [6.45, 7) is 2.92. The molecule has 0 bridgehead atoms. The summed E-state index contributed by atoms with van der Waals surface area (Å²) in [4.78, 5) is 49.2. The topological polar surface area (TPSA) is 98.4 Å². The zero-order valence-corrected chi connectivity index (χ0v) is 16.9. The van der Waals surface area contributed by atoms with E-state index in [4.69, 9.17) is 0 Å². The molecule has 0 spiro atoms. The maximum absolute atomic E-state index is 13.0. The summed E-state index contributed by atoms with van der Waals surface area (Å²) in [6, 6.07) is 10.6. The van der Waals surface area contributed by atoms with Crippen LogP contribution in [-0.4, -0.2) is 70.1 Å². The van der Waals surface area contributed by atoms with E-state index in [9.17, 15) is 14.4 Å². The normalized spacial score (nSPS) is 16.5. The van der Waals surface area contributed by atoms with E-state index in [1.54, 1.807) is 41.2 Å². The van der Waals surface area contributed by atoms with Gasteiger partial charge in [-0.3, -0.25) is 14.4 Å². The Hall–Kier alpha value is -3.68. The van der Waals surface area contributed by atoms with Crippen molar-refractivity contribution in [2.45, 2.75) is 13.0 Å². The molecule has 2 N–H and O–H groups in total. The van der Waals surface area contributed by atoms with Gasteiger partial charge in [0.1, 0.15) is 5.65 Å². The smallest absolute Gasteiger partial charge is 0.295 e. The summed E-state index contributed by atoms with van der Waals surface area (Å²) in [5.74, 6) is -1.22. The second kappa shape index (κ2) is 7.98. The van der Waals surface area contributed by atoms with Gasteiger partial charge in [-0.25, -0.2) is 4.98 Å². The van der Waals surface area contributed by atoms with Gasteiger partial charge in [0, 0.05) is 56.4 Å². The second-order valence-electron chi connectivity index (χ2n) is 7.33. The zero-order valence-electron chi connectivity index (χ0n) is 16.9. The van der Waals surface area contributed by atoms with Crippen molar-refractivity contribution in [3.05, 3.63) is 59.9 Å². The molecule has 3 heterocycles. The number of ketones is 1. The number of nitrogens with zero attached hydrogens (tertiary/aromatic N) is 3. The Balaban J connectivity index is 1.51. The number of rotatable bonds is 4. The molecule has 8 heteroatoms. The van der Waals surface area contributed by atoms with Gasteiger partial charge in [0.05, 0.1) is 10.9 Å². The van der Waals surface area contributed by atoms with Crippen molar-refractivity contribution in [3.63, 3.8) is 0 Å². The molecule has 0 aliphatic carbocycles. The van der Waals surface area contributed by atoms with Crippen LogP contribution in [0.1, 0.15) is 27.6 Å². The summed E-state index contributed by atoms with van der Waals surface area (Å²) in [7, 11) is 1.75. The van der Waals surface area contributed by atoms with Gasteiger partial charge in [-0.2, -0.15) is 0 Å². The Morgan fingerprint density at radius 1 is 1.13 bits per heavy atom. The molecule has 3 aromatic rings. The summed E-state index contributed by atoms with van der Waals surface area (Å²) >= 11 is 0. The van der Waals surface area contributed by atoms with E-state index in [0.717, 1.165) is 5.69 Å². The molecular formula is C22H23N5O3. The third-order valence-electron chi connectivity index (χ3n) is 5.48. The van der Waals surface area contributed by atoms with Crippen molar-refractivity contribution in [2.24, 2.45) is 0 Å². The minimum absolute atomic E-state index is 0.0674. The van der Waals surface area contributed by atoms with Gasteiger partial charge >= 0.3 is 0 Å². The maximum atomic E-state index is 13.0. The number of Topliss-reactive ketones (excluding diaryl/α,β-unsaturated/α-hetero) is 1. The maximum Gasteiger partial charge on any atom is 0.295 e. The zero-order chi connectivity index (χ0) is 21.3. The molecule has 0 unspecified atom stereocenters. The average Bonchev–Trinajstić information content (AvgIpc) is 3.22. The third kappa shape index (κ3) is 3.41. The fourth-order valence-corrected chi connectivity index (χ4v) is 3.90. The Labute approximate surface area is 173 Å². The lowest BCUT2D eigenvalue weighted by molar-refractivity contribution is -0.130. The first-order chi connectivity index (χ1) is 14.5. The SMILES string of the molecule is CNc1ccnc2[nH]cc(C(=O)C(=O)N3CCN(C(=O)c4ccccc4)C[C@H]3C)c12. The summed E-state index contributed by atoms with van der Waals surface area (Å²) in [6.07, 6.45) is 3.16. The first-order valence-corrected chi connectivity index (χ1v) is 9.84. The number of piperazine rings is 1. The van der Waals surface area contributed by atoms with Gasteiger partial charge in [0.15, 0.2) is 0 Å². The van der Waals surface area contributed by atoms with Crippen LogP contribution in [0.15, 0.2) is 48.8 Å². The molecule has 4 rings (SSSR count). The highest BCUT2D eigenvalue weighted by molar-refractivity contribution is 6.45. The van der Waals surface area contributed by atoms with E-state index >= 15 is 0 Å². The number of H-pyrrole nitrogens is 1. The molecule has 8 nitrogen and oxygen atoms in total. The van der Waals surface area contributed by atoms with Crippen molar-refractivity contribution >= 4 is 34.3 Å². The van der Waals surface area contributed by atoms with Crippen molar-refractivity contribution in [3.8, 4) is 0 Å². The van der Waals surface area contributed by atoms with Crippen LogP contribution in [0.4, 0.5) is 5.69 Å². The molecule has 1 aromatic carbocycles. The van der Waals surface area contributed by atoms with Gasteiger partial charge in [0.25, 0.3) is 17.6 Å². The lowest BCUT2D eigenvalue weighted by Crippen LogP contribution is -2.56. The van der Waals surface area contributed by atoms with Crippen LogP contribution < -0.4 is 5.32 Å². The van der Waals surface area contributed by atoms with Gasteiger partial charge in [-0.15, -0.1) is 0 Å². The largest absolute Gasteiger partial charge is 0.387 e. The fourth-order valence-electron chi connectivity index (χ4n) is 3.90. The first-order valence-electron chi connectivity index (χ1n) is 9.84. The monoisotopic (exact) mass is 405 g/mol. The van der Waals surface area contributed by atoms with Gasteiger partial charge in [0.2, 0.25) is 0 Å². The third-order valence-corrected chi connectivity index (χ3v) is 5.48. The van der Waals surface area contributed by atoms with E-state index in [0.29, 0.717) is 41.8 Å². The van der Waals surface area contributed by atoms with E-state index in [1.807, 2.05) is 25.1 Å². The Morgan fingerprint density at radius 3 is 2.60 bits per heavy atom. The Bertz CT molecular complexity index is 1110. The minimum atomic E-state index is -0.583. The molecule has 0 radical (unpaired) electrons. The van der Waals surface area contributed by atoms with Crippen molar-refractivity contribution in [1.29, 1.82) is 0 Å². The van der Waals surface area contributed by atoms with Gasteiger partial charge in [-0.1, -0.05) is 18.2 Å². The first kappa shape index (κ1) is 19.6. The van der Waals surface area contributed by atoms with Crippen molar-refractivity contribution in [2.75, 3.05) is 32.0 Å². The number of carbonyl (C=O) groups excluding carboxylic acids is 3. The summed E-state index contributed by atoms with van der Waals surface area (Å²) < 4.78 is 0. The van der Waals surface area contributed by atoms with Crippen LogP contribution >= 0.6 is 0 Å². The minimum Gasteiger partial charge on any atom is -0.387 e. The van der Waals surface area contributed by atoms with Gasteiger partial charge in [-0.05, 0) is 25.1 Å². The van der Waals surface area contributed by atoms with Crippen molar-refractivity contribution in [1.82, 2.24) is 19.8 Å². The number of hydrogen-bond acceptors (Lipinski definition) is 5. The fraction of sp³-hybridized carbons (Fsp3) is 0.273. The Morgan fingerprint density at radius 2 is 1.90 bits per heavy atom. The molecule has 1 fully saturated rings. The lowest BCUT2D eigenvalue weighted by Gasteiger charge is -2.39. The number of fused-ring (bicyclic) bond motifs is 1. The predicted molar refractivity (Wildman–Crippen MR) is 113 cm³/mol. The molecule has 1 aliphatic rings. The number of aromatic nitrogens is 2. The molecule has 0 saturated carbocycles. The highest BCUT2D eigenvalue weighted by Gasteiger charge is 2.34. The van der Waals surface area contributed by atoms with Crippen LogP contribution in [0.25, 0.3) is 11.0 Å². The molecule has 30 heavy (non-hydrogen) atoms. The quantitative estimate of drug-likeness (QED) is 0.512. The Kier molecular flexibility index (Phi) is 5.22. The number of benzene rings is 1. The lowest BCUT2D eigenvalue weighted by atomic mass is 10.1. The molecule has 154 valence electrons. The number of pyridine rings is 1. The number of aromatic amines is 1. The van der Waals surface area contributed by atoms with Gasteiger partial charge < -0.3 is 20.1 Å². The summed E-state index contributed by atoms with van der Waals surface area (Å²) in [5, 5.41) is 3.63. The van der Waals surface area contributed by atoms with Crippen molar-refractivity contribution < 1.29 is 14.4 Å². The number of nitrogens with one attached hydrogen (secondary N) is 2. The standard InChI is InChI=1S/C22H23N5O3/c1-14-13-26(21(29)15-6-4-3-5-7-15)10-11-27(14)22(30)19(28)16-12-25-20-18(16)17(23-2)8-9-24-20/h3-9,12,14H,10-11,13H2,1-2H3,(H2,23,24,25)/t14-/m1/s1. The number of amides is 2. The molecule has 1 atom stereocenters. The van der Waals surface area contributed by atoms with E-state index in [1.165, 1.54) is 6.20 Å². The number of hydrogen-bond donors (Lipinski definition) is 2. The van der Waals surface area contributed by atoms with E-state index < -0.39 is 11.7 Å². The van der Waals surface area contributed by atoms with E-state index in [-0.39, 0.29) is 11.9 Å². The molecular weight excluding hydrogens is 382 g/mol. The van der Waals surface area contributed by atoms with E-state index in [2.05, 4.69) is 15.3 Å². The molecule has 2 aromatic heterocycles. The molecule has 2 amide bonds. The number of anilines is 1. The highest BCUT2D eigenvalue weighted by atomic mass is 16.2. The second-order valence-corrected chi connectivity index (χ2v) is 7.33. The molecule has 1 aliphatic heterocycles. The van der Waals surface area contributed by atoms with Crippen LogP contribution in [0.5, 0.6) is 0 Å².